The van der Waals surface area contributed by atoms with Crippen molar-refractivity contribution in [3.63, 3.8) is 0 Å². The summed E-state index contributed by atoms with van der Waals surface area (Å²) in [5.74, 6) is 1.38. The number of anilines is 1. The Kier molecular flexibility index (Phi) is 10.6. The molecule has 1 atom stereocenters. The number of fused-ring (bicyclic) bond motifs is 1. The molecule has 0 spiro atoms. The van der Waals surface area contributed by atoms with Crippen molar-refractivity contribution in [3.05, 3.63) is 106 Å². The summed E-state index contributed by atoms with van der Waals surface area (Å²) in [6, 6.07) is 20.3. The van der Waals surface area contributed by atoms with Crippen molar-refractivity contribution in [2.45, 2.75) is 102 Å². The van der Waals surface area contributed by atoms with Crippen LogP contribution in [0.1, 0.15) is 95.0 Å². The molecule has 0 radical (unpaired) electrons. The smallest absolute Gasteiger partial charge is 0.338 e. The van der Waals surface area contributed by atoms with Crippen LogP contribution in [0, 0.1) is 5.82 Å². The lowest BCUT2D eigenvalue weighted by molar-refractivity contribution is -0.146. The third-order valence-corrected chi connectivity index (χ3v) is 9.88. The summed E-state index contributed by atoms with van der Waals surface area (Å²) in [6.45, 7) is 11.2. The van der Waals surface area contributed by atoms with Crippen LogP contribution in [0.3, 0.4) is 0 Å². The van der Waals surface area contributed by atoms with E-state index in [0.29, 0.717) is 58.4 Å². The SMILES string of the molecule is CCOc1cc(C2C(C(=O)OC3CCCCC3)=C(C)Nc3nc(SCc4ccccc4F)nn32)ccc1OCc1ccc(C(C)(C)C)cc1. The molecule has 10 heteroatoms. The number of nitrogens with zero attached hydrogens (tertiary/aromatic N) is 3. The molecule has 1 saturated carbocycles. The summed E-state index contributed by atoms with van der Waals surface area (Å²) >= 11 is 1.34. The second kappa shape index (κ2) is 15.1. The molecule has 6 rings (SSSR count). The monoisotopic (exact) mass is 684 g/mol. The van der Waals surface area contributed by atoms with Crippen molar-refractivity contribution in [3.8, 4) is 11.5 Å². The van der Waals surface area contributed by atoms with E-state index in [-0.39, 0.29) is 23.3 Å². The van der Waals surface area contributed by atoms with Crippen LogP contribution in [0.4, 0.5) is 10.3 Å². The van der Waals surface area contributed by atoms with Crippen molar-refractivity contribution >= 4 is 23.7 Å². The Morgan fingerprint density at radius 1 is 1.00 bits per heavy atom. The molecule has 3 aromatic carbocycles. The maximum Gasteiger partial charge on any atom is 0.338 e. The Balaban J connectivity index is 1.31. The lowest BCUT2D eigenvalue weighted by Crippen LogP contribution is -2.32. The molecular formula is C39H45FN4O4S. The Labute approximate surface area is 292 Å². The van der Waals surface area contributed by atoms with E-state index in [1.165, 1.54) is 23.4 Å². The lowest BCUT2D eigenvalue weighted by atomic mass is 9.87. The second-order valence-electron chi connectivity index (χ2n) is 13.6. The first-order valence-corrected chi connectivity index (χ1v) is 18.1. The number of esters is 1. The number of hydrogen-bond donors (Lipinski definition) is 1. The van der Waals surface area contributed by atoms with Crippen LogP contribution in [-0.4, -0.2) is 33.4 Å². The second-order valence-corrected chi connectivity index (χ2v) is 14.6. The Hall–Kier alpha value is -4.31. The fourth-order valence-electron chi connectivity index (χ4n) is 6.27. The third-order valence-electron chi connectivity index (χ3n) is 8.99. The van der Waals surface area contributed by atoms with Crippen molar-refractivity contribution in [2.24, 2.45) is 0 Å². The van der Waals surface area contributed by atoms with Crippen LogP contribution < -0.4 is 14.8 Å². The Bertz CT molecular complexity index is 1810. The van der Waals surface area contributed by atoms with E-state index < -0.39 is 6.04 Å². The number of allylic oxidation sites excluding steroid dienone is 1. The molecule has 4 aromatic rings. The highest BCUT2D eigenvalue weighted by atomic mass is 32.2. The van der Waals surface area contributed by atoms with E-state index in [9.17, 15) is 9.18 Å². The molecule has 2 aliphatic rings. The van der Waals surface area contributed by atoms with Crippen LogP contribution in [0.2, 0.25) is 0 Å². The highest BCUT2D eigenvalue weighted by molar-refractivity contribution is 7.98. The van der Waals surface area contributed by atoms with Crippen LogP contribution in [0.25, 0.3) is 0 Å². The molecule has 8 nitrogen and oxygen atoms in total. The number of aromatic nitrogens is 3. The van der Waals surface area contributed by atoms with Crippen molar-refractivity contribution < 1.29 is 23.4 Å². The average Bonchev–Trinajstić information content (AvgIpc) is 3.49. The number of carbonyl (C=O) groups is 1. The molecule has 0 saturated heterocycles. The van der Waals surface area contributed by atoms with Crippen LogP contribution in [-0.2, 0) is 27.3 Å². The first kappa shape index (κ1) is 34.5. The maximum atomic E-state index is 14.4. The average molecular weight is 685 g/mol. The summed E-state index contributed by atoms with van der Waals surface area (Å²) in [5, 5.41) is 8.59. The topological polar surface area (TPSA) is 87.5 Å². The molecule has 1 unspecified atom stereocenters. The highest BCUT2D eigenvalue weighted by Gasteiger charge is 2.37. The molecule has 0 bridgehead atoms. The number of carbonyl (C=O) groups excluding carboxylic acids is 1. The van der Waals surface area contributed by atoms with Gasteiger partial charge < -0.3 is 19.5 Å². The number of thioether (sulfide) groups is 1. The minimum Gasteiger partial charge on any atom is -0.490 e. The summed E-state index contributed by atoms with van der Waals surface area (Å²) in [6.07, 6.45) is 4.87. The molecule has 1 fully saturated rings. The molecular weight excluding hydrogens is 640 g/mol. The minimum absolute atomic E-state index is 0.0731. The molecule has 1 N–H and O–H groups in total. The number of halogens is 1. The predicted octanol–water partition coefficient (Wildman–Crippen LogP) is 9.15. The van der Waals surface area contributed by atoms with Gasteiger partial charge in [-0.2, -0.15) is 4.98 Å². The zero-order chi connectivity index (χ0) is 34.5. The first-order chi connectivity index (χ1) is 23.6. The van der Waals surface area contributed by atoms with Gasteiger partial charge in [-0.3, -0.25) is 0 Å². The van der Waals surface area contributed by atoms with Crippen LogP contribution in [0.15, 0.2) is 83.2 Å². The molecule has 0 amide bonds. The number of rotatable bonds is 11. The number of nitrogens with one attached hydrogen (secondary N) is 1. The van der Waals surface area contributed by atoms with Gasteiger partial charge in [0.25, 0.3) is 0 Å². The molecule has 1 aliphatic heterocycles. The lowest BCUT2D eigenvalue weighted by Gasteiger charge is -2.30. The summed E-state index contributed by atoms with van der Waals surface area (Å²) in [5.41, 5.74) is 4.84. The fourth-order valence-corrected chi connectivity index (χ4v) is 7.08. The van der Waals surface area contributed by atoms with Crippen molar-refractivity contribution in [1.29, 1.82) is 0 Å². The largest absolute Gasteiger partial charge is 0.490 e. The van der Waals surface area contributed by atoms with Gasteiger partial charge in [-0.05, 0) is 85.4 Å². The van der Waals surface area contributed by atoms with Gasteiger partial charge in [-0.15, -0.1) is 5.10 Å². The van der Waals surface area contributed by atoms with Gasteiger partial charge in [-0.25, -0.2) is 13.9 Å². The van der Waals surface area contributed by atoms with Crippen molar-refractivity contribution in [1.82, 2.24) is 14.8 Å². The number of benzene rings is 3. The zero-order valence-corrected chi connectivity index (χ0v) is 29.7. The Morgan fingerprint density at radius 3 is 2.47 bits per heavy atom. The predicted molar refractivity (Wildman–Crippen MR) is 190 cm³/mol. The number of ether oxygens (including phenoxy) is 3. The van der Waals surface area contributed by atoms with Crippen LogP contribution >= 0.6 is 11.8 Å². The van der Waals surface area contributed by atoms with Gasteiger partial charge in [0.05, 0.1) is 12.2 Å². The van der Waals surface area contributed by atoms with E-state index in [1.54, 1.807) is 16.8 Å². The zero-order valence-electron chi connectivity index (χ0n) is 28.9. The van der Waals surface area contributed by atoms with Gasteiger partial charge in [0.1, 0.15) is 24.6 Å². The van der Waals surface area contributed by atoms with E-state index in [4.69, 9.17) is 24.3 Å². The molecule has 49 heavy (non-hydrogen) atoms. The van der Waals surface area contributed by atoms with Gasteiger partial charge in [0, 0.05) is 11.4 Å². The van der Waals surface area contributed by atoms with Gasteiger partial charge in [0.2, 0.25) is 11.1 Å². The molecule has 2 heterocycles. The maximum absolute atomic E-state index is 14.4. The van der Waals surface area contributed by atoms with Gasteiger partial charge in [0.15, 0.2) is 11.5 Å². The molecule has 1 aromatic heterocycles. The summed E-state index contributed by atoms with van der Waals surface area (Å²) in [4.78, 5) is 18.7. The first-order valence-electron chi connectivity index (χ1n) is 17.1. The Morgan fingerprint density at radius 2 is 1.76 bits per heavy atom. The van der Waals surface area contributed by atoms with Crippen LogP contribution in [0.5, 0.6) is 11.5 Å². The van der Waals surface area contributed by atoms with E-state index in [0.717, 1.165) is 43.2 Å². The minimum atomic E-state index is -0.638. The highest BCUT2D eigenvalue weighted by Crippen LogP contribution is 2.41. The third kappa shape index (κ3) is 8.12. The van der Waals surface area contributed by atoms with E-state index >= 15 is 0 Å². The van der Waals surface area contributed by atoms with Gasteiger partial charge >= 0.3 is 5.97 Å². The van der Waals surface area contributed by atoms with Gasteiger partial charge in [-0.1, -0.05) is 87.5 Å². The fraction of sp³-hybridized carbons (Fsp3) is 0.410. The normalized spacial score (nSPS) is 16.6. The van der Waals surface area contributed by atoms with Crippen molar-refractivity contribution in [2.75, 3.05) is 11.9 Å². The molecule has 1 aliphatic carbocycles. The summed E-state index contributed by atoms with van der Waals surface area (Å²) < 4.78 is 34.6. The standard InChI is InChI=1S/C39H45FN4O4S/c1-6-46-33-22-27(18-21-32(33)47-23-26-16-19-29(20-17-26)39(3,4)5)35-34(36(45)48-30-13-8-7-9-14-30)25(2)41-37-42-38(43-44(35)37)49-24-28-12-10-11-15-31(28)40/h10-12,15-22,30,35H,6-9,13-14,23-24H2,1-5H3,(H,41,42,43). The van der Waals surface area contributed by atoms with E-state index in [2.05, 4.69) is 50.4 Å². The summed E-state index contributed by atoms with van der Waals surface area (Å²) in [7, 11) is 0. The number of hydrogen-bond acceptors (Lipinski definition) is 8. The quantitative estimate of drug-likeness (QED) is 0.124. The van der Waals surface area contributed by atoms with E-state index in [1.807, 2.05) is 38.1 Å². The molecule has 258 valence electrons.